The molecule has 0 fully saturated rings. The minimum Gasteiger partial charge on any atom is -0.497 e. The second-order valence-electron chi connectivity index (χ2n) is 4.62. The van der Waals surface area contributed by atoms with Gasteiger partial charge < -0.3 is 15.4 Å². The Labute approximate surface area is 121 Å². The number of hydrogen-bond acceptors (Lipinski definition) is 3. The normalized spacial score (nSPS) is 12.9. The van der Waals surface area contributed by atoms with Crippen molar-refractivity contribution in [3.63, 3.8) is 0 Å². The Balaban J connectivity index is 2.90. The van der Waals surface area contributed by atoms with E-state index in [9.17, 15) is 18.0 Å². The fourth-order valence-corrected chi connectivity index (χ4v) is 1.89. The van der Waals surface area contributed by atoms with E-state index in [2.05, 4.69) is 10.6 Å². The smallest absolute Gasteiger partial charge is 0.418 e. The van der Waals surface area contributed by atoms with Crippen molar-refractivity contribution in [3.8, 4) is 5.75 Å². The molecular formula is C14H19F3N2O2. The van der Waals surface area contributed by atoms with Crippen LogP contribution in [0.3, 0.4) is 0 Å². The van der Waals surface area contributed by atoms with E-state index in [0.29, 0.717) is 6.54 Å². The van der Waals surface area contributed by atoms with Gasteiger partial charge in [0.2, 0.25) is 5.91 Å². The van der Waals surface area contributed by atoms with Gasteiger partial charge in [-0.3, -0.25) is 4.79 Å². The number of alkyl halides is 3. The zero-order chi connectivity index (χ0) is 16.0. The molecule has 4 nitrogen and oxygen atoms in total. The summed E-state index contributed by atoms with van der Waals surface area (Å²) in [6.07, 6.45) is -4.47. The van der Waals surface area contributed by atoms with Gasteiger partial charge in [0.15, 0.2) is 0 Å². The van der Waals surface area contributed by atoms with Crippen molar-refractivity contribution in [1.29, 1.82) is 0 Å². The number of ether oxygens (including phenoxy) is 1. The SMILES string of the molecule is CCNC(C)CC(=O)Nc1ccc(OC)cc1C(F)(F)F. The largest absolute Gasteiger partial charge is 0.497 e. The molecule has 21 heavy (non-hydrogen) atoms. The molecule has 1 aromatic carbocycles. The second-order valence-corrected chi connectivity index (χ2v) is 4.62. The van der Waals surface area contributed by atoms with Crippen LogP contribution in [0.1, 0.15) is 25.8 Å². The first-order chi connectivity index (χ1) is 9.77. The van der Waals surface area contributed by atoms with Crippen LogP contribution in [-0.2, 0) is 11.0 Å². The van der Waals surface area contributed by atoms with Gasteiger partial charge in [0.1, 0.15) is 5.75 Å². The van der Waals surface area contributed by atoms with Gasteiger partial charge in [0.05, 0.1) is 18.4 Å². The molecule has 1 amide bonds. The number of carbonyl (C=O) groups is 1. The summed E-state index contributed by atoms with van der Waals surface area (Å²) in [5, 5.41) is 5.33. The van der Waals surface area contributed by atoms with E-state index in [1.165, 1.54) is 19.2 Å². The maximum Gasteiger partial charge on any atom is 0.418 e. The van der Waals surface area contributed by atoms with E-state index in [4.69, 9.17) is 4.74 Å². The van der Waals surface area contributed by atoms with Crippen molar-refractivity contribution in [2.75, 3.05) is 19.0 Å². The molecule has 0 heterocycles. The van der Waals surface area contributed by atoms with Crippen molar-refractivity contribution < 1.29 is 22.7 Å². The predicted octanol–water partition coefficient (Wildman–Crippen LogP) is 3.04. The lowest BCUT2D eigenvalue weighted by Gasteiger charge is -2.16. The van der Waals surface area contributed by atoms with Crippen LogP contribution in [0.4, 0.5) is 18.9 Å². The first-order valence-electron chi connectivity index (χ1n) is 6.56. The van der Waals surface area contributed by atoms with Crippen LogP contribution in [-0.4, -0.2) is 25.6 Å². The lowest BCUT2D eigenvalue weighted by atomic mass is 10.1. The number of anilines is 1. The molecule has 0 saturated heterocycles. The molecule has 0 aliphatic carbocycles. The number of rotatable bonds is 6. The number of amides is 1. The van der Waals surface area contributed by atoms with Gasteiger partial charge in [-0.15, -0.1) is 0 Å². The quantitative estimate of drug-likeness (QED) is 0.849. The van der Waals surface area contributed by atoms with Crippen molar-refractivity contribution in [1.82, 2.24) is 5.32 Å². The Morgan fingerprint density at radius 3 is 2.57 bits per heavy atom. The van der Waals surface area contributed by atoms with E-state index in [1.54, 1.807) is 6.92 Å². The van der Waals surface area contributed by atoms with E-state index >= 15 is 0 Å². The highest BCUT2D eigenvalue weighted by molar-refractivity contribution is 5.92. The van der Waals surface area contributed by atoms with E-state index < -0.39 is 17.6 Å². The number of halogens is 3. The molecule has 1 unspecified atom stereocenters. The van der Waals surface area contributed by atoms with Gasteiger partial charge in [-0.1, -0.05) is 6.92 Å². The van der Waals surface area contributed by atoms with Crippen LogP contribution in [0.5, 0.6) is 5.75 Å². The van der Waals surface area contributed by atoms with Gasteiger partial charge in [0.25, 0.3) is 0 Å². The summed E-state index contributed by atoms with van der Waals surface area (Å²) in [6, 6.07) is 3.32. The van der Waals surface area contributed by atoms with E-state index in [0.717, 1.165) is 6.07 Å². The fourth-order valence-electron chi connectivity index (χ4n) is 1.89. The Morgan fingerprint density at radius 1 is 1.38 bits per heavy atom. The van der Waals surface area contributed by atoms with E-state index in [-0.39, 0.29) is 23.9 Å². The van der Waals surface area contributed by atoms with Crippen molar-refractivity contribution in [2.24, 2.45) is 0 Å². The zero-order valence-corrected chi connectivity index (χ0v) is 12.2. The molecule has 0 spiro atoms. The summed E-state index contributed by atoms with van der Waals surface area (Å²) >= 11 is 0. The van der Waals surface area contributed by atoms with Crippen LogP contribution in [0, 0.1) is 0 Å². The third-order valence-electron chi connectivity index (χ3n) is 2.85. The average Bonchev–Trinajstić information content (AvgIpc) is 2.37. The van der Waals surface area contributed by atoms with Gasteiger partial charge >= 0.3 is 6.18 Å². The topological polar surface area (TPSA) is 50.4 Å². The van der Waals surface area contributed by atoms with Gasteiger partial charge in [-0.25, -0.2) is 0 Å². The molecule has 0 aromatic heterocycles. The molecule has 2 N–H and O–H groups in total. The standard InChI is InChI=1S/C14H19F3N2O2/c1-4-18-9(2)7-13(20)19-12-6-5-10(21-3)8-11(12)14(15,16)17/h5-6,8-9,18H,4,7H2,1-3H3,(H,19,20). The highest BCUT2D eigenvalue weighted by Gasteiger charge is 2.34. The predicted molar refractivity (Wildman–Crippen MR) is 74.4 cm³/mol. The summed E-state index contributed by atoms with van der Waals surface area (Å²) in [6.45, 7) is 4.37. The molecule has 1 rings (SSSR count). The molecule has 1 aromatic rings. The maximum atomic E-state index is 13.0. The van der Waals surface area contributed by atoms with E-state index in [1.807, 2.05) is 6.92 Å². The molecule has 0 aliphatic heterocycles. The van der Waals surface area contributed by atoms with Crippen LogP contribution in [0.25, 0.3) is 0 Å². The molecule has 0 bridgehead atoms. The van der Waals surface area contributed by atoms with Crippen LogP contribution >= 0.6 is 0 Å². The minimum atomic E-state index is -4.57. The molecule has 0 aliphatic rings. The van der Waals surface area contributed by atoms with Crippen LogP contribution in [0.15, 0.2) is 18.2 Å². The maximum absolute atomic E-state index is 13.0. The molecule has 0 saturated carbocycles. The first-order valence-corrected chi connectivity index (χ1v) is 6.56. The summed E-state index contributed by atoms with van der Waals surface area (Å²) in [5.41, 5.74) is -1.19. The Hall–Kier alpha value is -1.76. The number of benzene rings is 1. The molecule has 1 atom stereocenters. The van der Waals surface area contributed by atoms with Crippen LogP contribution < -0.4 is 15.4 Å². The third-order valence-corrected chi connectivity index (χ3v) is 2.85. The Kier molecular flexibility index (Phi) is 6.02. The van der Waals surface area contributed by atoms with Gasteiger partial charge in [-0.2, -0.15) is 13.2 Å². The summed E-state index contributed by atoms with van der Waals surface area (Å²) in [5.74, 6) is -0.388. The van der Waals surface area contributed by atoms with Crippen molar-refractivity contribution >= 4 is 11.6 Å². The van der Waals surface area contributed by atoms with Crippen molar-refractivity contribution in [2.45, 2.75) is 32.5 Å². The monoisotopic (exact) mass is 304 g/mol. The molecule has 0 radical (unpaired) electrons. The highest BCUT2D eigenvalue weighted by Crippen LogP contribution is 2.37. The molecule has 118 valence electrons. The first kappa shape index (κ1) is 17.3. The van der Waals surface area contributed by atoms with Gasteiger partial charge in [0, 0.05) is 12.5 Å². The van der Waals surface area contributed by atoms with Crippen LogP contribution in [0.2, 0.25) is 0 Å². The summed E-state index contributed by atoms with van der Waals surface area (Å²) < 4.78 is 43.7. The average molecular weight is 304 g/mol. The zero-order valence-electron chi connectivity index (χ0n) is 12.2. The minimum absolute atomic E-state index is 0.0846. The Bertz CT molecular complexity index is 490. The Morgan fingerprint density at radius 2 is 2.05 bits per heavy atom. The second kappa shape index (κ2) is 7.31. The summed E-state index contributed by atoms with van der Waals surface area (Å²) in [7, 11) is 1.28. The number of methoxy groups -OCH3 is 1. The lowest BCUT2D eigenvalue weighted by Crippen LogP contribution is -2.30. The fraction of sp³-hybridized carbons (Fsp3) is 0.500. The number of hydrogen-bond donors (Lipinski definition) is 2. The molecular weight excluding hydrogens is 285 g/mol. The third kappa shape index (κ3) is 5.26. The van der Waals surface area contributed by atoms with Crippen molar-refractivity contribution in [3.05, 3.63) is 23.8 Å². The number of nitrogens with one attached hydrogen (secondary N) is 2. The molecule has 7 heteroatoms. The summed E-state index contributed by atoms with van der Waals surface area (Å²) in [4.78, 5) is 11.8. The lowest BCUT2D eigenvalue weighted by molar-refractivity contribution is -0.137. The van der Waals surface area contributed by atoms with Gasteiger partial charge in [-0.05, 0) is 31.7 Å². The highest BCUT2D eigenvalue weighted by atomic mass is 19.4. The number of carbonyl (C=O) groups excluding carboxylic acids is 1.